The molecule has 9 heteroatoms. The van der Waals surface area contributed by atoms with Crippen LogP contribution in [-0.4, -0.2) is 26.0 Å². The van der Waals surface area contributed by atoms with Gasteiger partial charge in [-0.05, 0) is 0 Å². The van der Waals surface area contributed by atoms with Gasteiger partial charge >= 0.3 is 0 Å². The zero-order valence-corrected chi connectivity index (χ0v) is 8.62. The van der Waals surface area contributed by atoms with Crippen molar-refractivity contribution in [3.63, 3.8) is 0 Å². The summed E-state index contributed by atoms with van der Waals surface area (Å²) in [6.07, 6.45) is 3.91. The summed E-state index contributed by atoms with van der Waals surface area (Å²) in [5, 5.41) is 6.10. The third kappa shape index (κ3) is 2.72. The highest BCUT2D eigenvalue weighted by atomic mass is 16.5. The van der Waals surface area contributed by atoms with E-state index in [2.05, 4.69) is 35.4 Å². The van der Waals surface area contributed by atoms with E-state index in [0.717, 1.165) is 0 Å². The van der Waals surface area contributed by atoms with Gasteiger partial charge in [0.15, 0.2) is 11.6 Å². The van der Waals surface area contributed by atoms with E-state index in [1.54, 1.807) is 0 Å². The van der Waals surface area contributed by atoms with Crippen LogP contribution in [0, 0.1) is 0 Å². The molecule has 0 aliphatic heterocycles. The van der Waals surface area contributed by atoms with E-state index in [0.29, 0.717) is 11.6 Å². The Morgan fingerprint density at radius 2 is 2.35 bits per heavy atom. The first-order chi connectivity index (χ1) is 8.29. The molecule has 2 aromatic rings. The SMILES string of the molecule is NNc1cncc(C(=O)NCc2ncon2)n1. The van der Waals surface area contributed by atoms with Gasteiger partial charge < -0.3 is 15.3 Å². The maximum absolute atomic E-state index is 11.6. The number of rotatable bonds is 4. The number of aromatic nitrogens is 4. The molecule has 2 aromatic heterocycles. The van der Waals surface area contributed by atoms with E-state index in [1.807, 2.05) is 0 Å². The molecule has 0 spiro atoms. The average molecular weight is 235 g/mol. The third-order valence-electron chi connectivity index (χ3n) is 1.83. The number of nitrogens with one attached hydrogen (secondary N) is 2. The van der Waals surface area contributed by atoms with Crippen LogP contribution in [0.15, 0.2) is 23.3 Å². The van der Waals surface area contributed by atoms with Gasteiger partial charge in [-0.25, -0.2) is 10.8 Å². The van der Waals surface area contributed by atoms with E-state index < -0.39 is 5.91 Å². The van der Waals surface area contributed by atoms with Gasteiger partial charge in [-0.3, -0.25) is 9.78 Å². The molecule has 17 heavy (non-hydrogen) atoms. The molecule has 4 N–H and O–H groups in total. The molecule has 2 heterocycles. The summed E-state index contributed by atoms with van der Waals surface area (Å²) in [4.78, 5) is 23.1. The fourth-order valence-electron chi connectivity index (χ4n) is 1.07. The lowest BCUT2D eigenvalue weighted by molar-refractivity contribution is 0.0944. The zero-order chi connectivity index (χ0) is 12.1. The minimum atomic E-state index is -0.403. The number of nitrogens with zero attached hydrogens (tertiary/aromatic N) is 4. The smallest absolute Gasteiger partial charge is 0.271 e. The molecule has 0 fully saturated rings. The molecule has 0 aliphatic rings. The summed E-state index contributed by atoms with van der Waals surface area (Å²) in [5.74, 6) is 5.43. The van der Waals surface area contributed by atoms with Crippen LogP contribution in [0.4, 0.5) is 5.82 Å². The van der Waals surface area contributed by atoms with Crippen LogP contribution in [0.5, 0.6) is 0 Å². The number of hydrogen-bond donors (Lipinski definition) is 3. The molecule has 0 saturated heterocycles. The molecular weight excluding hydrogens is 226 g/mol. The van der Waals surface area contributed by atoms with Crippen LogP contribution in [0.2, 0.25) is 0 Å². The summed E-state index contributed by atoms with van der Waals surface area (Å²) in [6.45, 7) is 0.150. The number of amides is 1. The topological polar surface area (TPSA) is 132 Å². The molecule has 0 bridgehead atoms. The lowest BCUT2D eigenvalue weighted by atomic mass is 10.4. The fourth-order valence-corrected chi connectivity index (χ4v) is 1.07. The van der Waals surface area contributed by atoms with Gasteiger partial charge in [-0.15, -0.1) is 0 Å². The van der Waals surface area contributed by atoms with Gasteiger partial charge in [0.05, 0.1) is 18.9 Å². The number of carbonyl (C=O) groups is 1. The maximum atomic E-state index is 11.6. The summed E-state index contributed by atoms with van der Waals surface area (Å²) in [5.41, 5.74) is 2.44. The standard InChI is InChI=1S/C8H9N7O2/c9-14-7-2-10-1-5(13-7)8(16)11-3-6-12-4-17-15-6/h1-2,4H,3,9H2,(H,11,16)(H,13,14). The number of nitrogens with two attached hydrogens (primary N) is 1. The molecule has 2 rings (SSSR count). The Morgan fingerprint density at radius 3 is 3.06 bits per heavy atom. The van der Waals surface area contributed by atoms with Crippen LogP contribution in [-0.2, 0) is 6.54 Å². The molecule has 0 radical (unpaired) electrons. The Bertz CT molecular complexity index is 498. The summed E-state index contributed by atoms with van der Waals surface area (Å²) < 4.78 is 4.52. The number of hydrazine groups is 1. The molecule has 9 nitrogen and oxygen atoms in total. The van der Waals surface area contributed by atoms with Gasteiger partial charge in [-0.2, -0.15) is 4.98 Å². The Balaban J connectivity index is 1.99. The van der Waals surface area contributed by atoms with Crippen LogP contribution in [0.3, 0.4) is 0 Å². The van der Waals surface area contributed by atoms with Crippen molar-refractivity contribution >= 4 is 11.7 Å². The number of hydrogen-bond acceptors (Lipinski definition) is 8. The average Bonchev–Trinajstić information content (AvgIpc) is 2.89. The Hall–Kier alpha value is -2.55. The van der Waals surface area contributed by atoms with E-state index in [9.17, 15) is 4.79 Å². The van der Waals surface area contributed by atoms with E-state index in [1.165, 1.54) is 18.8 Å². The first-order valence-corrected chi connectivity index (χ1v) is 4.61. The maximum Gasteiger partial charge on any atom is 0.271 e. The predicted octanol–water partition coefficient (Wildman–Crippen LogP) is -0.925. The zero-order valence-electron chi connectivity index (χ0n) is 8.62. The van der Waals surface area contributed by atoms with Gasteiger partial charge in [0, 0.05) is 0 Å². The summed E-state index contributed by atoms with van der Waals surface area (Å²) >= 11 is 0. The van der Waals surface area contributed by atoms with Crippen molar-refractivity contribution in [3.8, 4) is 0 Å². The second kappa shape index (κ2) is 4.99. The molecular formula is C8H9N7O2. The Kier molecular flexibility index (Phi) is 3.21. The second-order valence-electron chi connectivity index (χ2n) is 2.96. The summed E-state index contributed by atoms with van der Waals surface area (Å²) in [6, 6.07) is 0. The first kappa shape index (κ1) is 11.0. The monoisotopic (exact) mass is 235 g/mol. The Morgan fingerprint density at radius 1 is 1.47 bits per heavy atom. The molecule has 0 unspecified atom stereocenters. The van der Waals surface area contributed by atoms with Crippen LogP contribution < -0.4 is 16.6 Å². The summed E-state index contributed by atoms with van der Waals surface area (Å²) in [7, 11) is 0. The van der Waals surface area contributed by atoms with Crippen LogP contribution >= 0.6 is 0 Å². The molecule has 0 aliphatic carbocycles. The van der Waals surface area contributed by atoms with Gasteiger partial charge in [0.25, 0.3) is 5.91 Å². The Labute approximate surface area is 95.4 Å². The minimum Gasteiger partial charge on any atom is -0.343 e. The fraction of sp³-hybridized carbons (Fsp3) is 0.125. The molecule has 88 valence electrons. The van der Waals surface area contributed by atoms with Gasteiger partial charge in [0.1, 0.15) is 5.69 Å². The van der Waals surface area contributed by atoms with Gasteiger partial charge in [-0.1, -0.05) is 5.16 Å². The molecule has 0 aromatic carbocycles. The minimum absolute atomic E-state index is 0.143. The van der Waals surface area contributed by atoms with E-state index in [-0.39, 0.29) is 12.2 Å². The van der Waals surface area contributed by atoms with Crippen molar-refractivity contribution < 1.29 is 9.32 Å². The second-order valence-corrected chi connectivity index (χ2v) is 2.96. The van der Waals surface area contributed by atoms with Crippen molar-refractivity contribution in [1.29, 1.82) is 0 Å². The van der Waals surface area contributed by atoms with Crippen molar-refractivity contribution in [2.75, 3.05) is 5.43 Å². The van der Waals surface area contributed by atoms with Crippen molar-refractivity contribution in [2.45, 2.75) is 6.54 Å². The number of nitrogen functional groups attached to an aromatic ring is 1. The predicted molar refractivity (Wildman–Crippen MR) is 55.3 cm³/mol. The lowest BCUT2D eigenvalue weighted by Gasteiger charge is -2.03. The largest absolute Gasteiger partial charge is 0.343 e. The van der Waals surface area contributed by atoms with Crippen LogP contribution in [0.25, 0.3) is 0 Å². The lowest BCUT2D eigenvalue weighted by Crippen LogP contribution is -2.25. The van der Waals surface area contributed by atoms with Crippen molar-refractivity contribution in [2.24, 2.45) is 5.84 Å². The van der Waals surface area contributed by atoms with Gasteiger partial charge in [0.2, 0.25) is 6.39 Å². The van der Waals surface area contributed by atoms with E-state index >= 15 is 0 Å². The van der Waals surface area contributed by atoms with Crippen molar-refractivity contribution in [3.05, 3.63) is 30.3 Å². The number of carbonyl (C=O) groups excluding carboxylic acids is 1. The third-order valence-corrected chi connectivity index (χ3v) is 1.83. The highest BCUT2D eigenvalue weighted by molar-refractivity contribution is 5.92. The number of anilines is 1. The first-order valence-electron chi connectivity index (χ1n) is 4.61. The quantitative estimate of drug-likeness (QED) is 0.457. The molecule has 1 amide bonds. The normalized spacial score (nSPS) is 9.94. The highest BCUT2D eigenvalue weighted by Gasteiger charge is 2.09. The molecule has 0 atom stereocenters. The van der Waals surface area contributed by atoms with E-state index in [4.69, 9.17) is 5.84 Å². The highest BCUT2D eigenvalue weighted by Crippen LogP contribution is 2.00. The van der Waals surface area contributed by atoms with Crippen molar-refractivity contribution in [1.82, 2.24) is 25.4 Å². The molecule has 0 saturated carbocycles. The van der Waals surface area contributed by atoms with Crippen LogP contribution in [0.1, 0.15) is 16.3 Å².